The van der Waals surface area contributed by atoms with Gasteiger partial charge in [0.1, 0.15) is 5.82 Å². The summed E-state index contributed by atoms with van der Waals surface area (Å²) in [6, 6.07) is 10.4. The fourth-order valence-electron chi connectivity index (χ4n) is 3.92. The second-order valence-electron chi connectivity index (χ2n) is 8.30. The quantitative estimate of drug-likeness (QED) is 0.0704. The van der Waals surface area contributed by atoms with Crippen LogP contribution in [0.2, 0.25) is 0 Å². The highest BCUT2D eigenvalue weighted by molar-refractivity contribution is 7.23. The van der Waals surface area contributed by atoms with E-state index in [9.17, 15) is 0 Å². The van der Waals surface area contributed by atoms with Crippen molar-refractivity contribution in [2.24, 2.45) is 16.8 Å². The van der Waals surface area contributed by atoms with Gasteiger partial charge in [-0.05, 0) is 61.4 Å². The Hall–Kier alpha value is -2.70. The third kappa shape index (κ3) is 7.40. The summed E-state index contributed by atoms with van der Waals surface area (Å²) in [5.74, 6) is 13.2. The van der Waals surface area contributed by atoms with Crippen molar-refractivity contribution in [3.05, 3.63) is 82.5 Å². The number of nitrogens with two attached hydrogens (primary N) is 3. The number of pyridine rings is 1. The maximum Gasteiger partial charge on any atom is 0.177 e. The zero-order chi connectivity index (χ0) is 26.7. The molecule has 0 bridgehead atoms. The molecule has 36 heavy (non-hydrogen) atoms. The number of hydrazine groups is 1. The average molecular weight is 528 g/mol. The summed E-state index contributed by atoms with van der Waals surface area (Å²) in [4.78, 5) is 6.84. The van der Waals surface area contributed by atoms with E-state index in [1.54, 1.807) is 6.20 Å². The van der Waals surface area contributed by atoms with Crippen LogP contribution >= 0.6 is 20.8 Å². The summed E-state index contributed by atoms with van der Waals surface area (Å²) < 4.78 is 0. The zero-order valence-electron chi connectivity index (χ0n) is 21.7. The number of hydrogen-bond acceptors (Lipinski definition) is 6. The molecule has 1 aromatic carbocycles. The van der Waals surface area contributed by atoms with Crippen molar-refractivity contribution < 1.29 is 0 Å². The van der Waals surface area contributed by atoms with Gasteiger partial charge in [-0.2, -0.15) is 5.10 Å². The van der Waals surface area contributed by atoms with E-state index >= 15 is 0 Å². The molecular weight excluding hydrogens is 489 g/mol. The minimum absolute atomic E-state index is 0.265. The molecule has 1 heterocycles. The molecule has 0 amide bonds. The van der Waals surface area contributed by atoms with Gasteiger partial charge in [0.2, 0.25) is 0 Å². The second kappa shape index (κ2) is 14.8. The number of hydrogen-bond donors (Lipinski definition) is 3. The van der Waals surface area contributed by atoms with Crippen molar-refractivity contribution in [3.8, 4) is 11.1 Å². The van der Waals surface area contributed by atoms with E-state index in [0.717, 1.165) is 48.1 Å². The lowest BCUT2D eigenvalue weighted by Crippen LogP contribution is -2.39. The molecule has 0 spiro atoms. The highest BCUT2D eigenvalue weighted by Gasteiger charge is 2.22. The monoisotopic (exact) mass is 527 g/mol. The molecule has 0 aliphatic carbocycles. The number of hydrazone groups is 1. The average Bonchev–Trinajstić information content (AvgIpc) is 2.88. The molecule has 2 rings (SSSR count). The summed E-state index contributed by atoms with van der Waals surface area (Å²) in [6.07, 6.45) is 8.62. The van der Waals surface area contributed by atoms with Gasteiger partial charge in [0.15, 0.2) is 5.84 Å². The molecule has 1 aromatic heterocycles. The van der Waals surface area contributed by atoms with Crippen LogP contribution in [0.3, 0.4) is 0 Å². The van der Waals surface area contributed by atoms with Crippen molar-refractivity contribution in [2.45, 2.75) is 40.7 Å². The van der Waals surface area contributed by atoms with E-state index in [-0.39, 0.29) is 17.5 Å². The Morgan fingerprint density at radius 2 is 1.86 bits per heavy atom. The van der Waals surface area contributed by atoms with E-state index in [0.29, 0.717) is 11.3 Å². The molecule has 0 aliphatic rings. The maximum atomic E-state index is 6.58. The standard InChI is InChI=1S/C27H39ClN7P/c1-5-9-24(36)25(20(7-3)16-28)35(31)27(33-30)23-15-22(17-32-26(23)29)21-12-10-19(11-13-21)18-34(8-4)14-6-2/h5,7,9-13,15,17H,6,8,14,16,18,30-31,36H2,1-4H3,(H2,29,32)/b9-5-,20-7-,25-24-,33-27-. The third-order valence-electron chi connectivity index (χ3n) is 5.85. The van der Waals surface area contributed by atoms with Crippen LogP contribution < -0.4 is 17.4 Å². The first-order chi connectivity index (χ1) is 17.3. The van der Waals surface area contributed by atoms with E-state index in [4.69, 9.17) is 29.0 Å². The van der Waals surface area contributed by atoms with E-state index in [1.165, 1.54) is 10.6 Å². The first-order valence-electron chi connectivity index (χ1n) is 12.1. The summed E-state index contributed by atoms with van der Waals surface area (Å²) in [5.41, 5.74) is 11.5. The molecule has 1 unspecified atom stereocenters. The Morgan fingerprint density at radius 1 is 1.17 bits per heavy atom. The van der Waals surface area contributed by atoms with Gasteiger partial charge >= 0.3 is 0 Å². The van der Waals surface area contributed by atoms with Crippen LogP contribution in [0.4, 0.5) is 5.82 Å². The smallest absolute Gasteiger partial charge is 0.177 e. The van der Waals surface area contributed by atoms with Gasteiger partial charge in [-0.15, -0.1) is 20.8 Å². The predicted molar refractivity (Wildman–Crippen MR) is 158 cm³/mol. The fraction of sp³-hybridized carbons (Fsp3) is 0.333. The number of amidine groups is 1. The van der Waals surface area contributed by atoms with Crippen LogP contribution in [0.15, 0.2) is 76.4 Å². The number of halogens is 1. The van der Waals surface area contributed by atoms with Crippen LogP contribution in [-0.2, 0) is 6.54 Å². The summed E-state index contributed by atoms with van der Waals surface area (Å²) >= 11 is 6.22. The Balaban J connectivity index is 2.47. The first-order valence-corrected chi connectivity index (χ1v) is 13.2. The highest BCUT2D eigenvalue weighted by atomic mass is 35.5. The van der Waals surface area contributed by atoms with Crippen LogP contribution in [0.1, 0.15) is 45.2 Å². The topological polar surface area (TPSA) is 110 Å². The van der Waals surface area contributed by atoms with Crippen molar-refractivity contribution in [1.82, 2.24) is 14.9 Å². The minimum Gasteiger partial charge on any atom is -0.383 e. The van der Waals surface area contributed by atoms with Crippen LogP contribution in [0.25, 0.3) is 11.1 Å². The van der Waals surface area contributed by atoms with Gasteiger partial charge in [-0.25, -0.2) is 10.8 Å². The first kappa shape index (κ1) is 29.5. The van der Waals surface area contributed by atoms with Gasteiger partial charge in [0, 0.05) is 24.2 Å². The molecule has 194 valence electrons. The molecular formula is C27H39ClN7P. The number of aromatic nitrogens is 1. The molecule has 0 aliphatic heterocycles. The number of nitrogen functional groups attached to an aromatic ring is 1. The normalized spacial score (nSPS) is 13.4. The SMILES string of the molecule is C\C=C/C(P)=C(\C(=C/C)CCl)N(N)/C(=N\N)c1cc(-c2ccc(CN(CC)CCC)cc2)cnc1N. The summed E-state index contributed by atoms with van der Waals surface area (Å²) in [6.45, 7) is 11.3. The Morgan fingerprint density at radius 3 is 2.39 bits per heavy atom. The number of rotatable bonds is 11. The van der Waals surface area contributed by atoms with Gasteiger partial charge in [-0.1, -0.05) is 56.3 Å². The molecule has 7 nitrogen and oxygen atoms in total. The molecule has 9 heteroatoms. The molecule has 2 aromatic rings. The van der Waals surface area contributed by atoms with E-state index < -0.39 is 0 Å². The summed E-state index contributed by atoms with van der Waals surface area (Å²) in [5, 5.41) is 6.24. The Labute approximate surface area is 222 Å². The lowest BCUT2D eigenvalue weighted by atomic mass is 10.0. The van der Waals surface area contributed by atoms with Crippen molar-refractivity contribution in [2.75, 3.05) is 24.7 Å². The summed E-state index contributed by atoms with van der Waals surface area (Å²) in [7, 11) is 2.68. The molecule has 6 N–H and O–H groups in total. The van der Waals surface area contributed by atoms with Gasteiger partial charge < -0.3 is 11.6 Å². The van der Waals surface area contributed by atoms with Gasteiger partial charge in [0.25, 0.3) is 0 Å². The van der Waals surface area contributed by atoms with Crippen molar-refractivity contribution in [1.29, 1.82) is 0 Å². The third-order valence-corrected chi connectivity index (χ3v) is 6.60. The van der Waals surface area contributed by atoms with Crippen LogP contribution in [-0.4, -0.2) is 39.7 Å². The van der Waals surface area contributed by atoms with E-state index in [2.05, 4.69) is 62.3 Å². The highest BCUT2D eigenvalue weighted by Crippen LogP contribution is 2.28. The van der Waals surface area contributed by atoms with Crippen molar-refractivity contribution in [3.63, 3.8) is 0 Å². The largest absolute Gasteiger partial charge is 0.383 e. The van der Waals surface area contributed by atoms with Crippen LogP contribution in [0.5, 0.6) is 0 Å². The second-order valence-corrected chi connectivity index (χ2v) is 9.19. The zero-order valence-corrected chi connectivity index (χ0v) is 23.6. The number of alkyl halides is 1. The van der Waals surface area contributed by atoms with Crippen molar-refractivity contribution >= 4 is 32.5 Å². The Bertz CT molecular complexity index is 1120. The number of nitrogens with zero attached hydrogens (tertiary/aromatic N) is 4. The lowest BCUT2D eigenvalue weighted by molar-refractivity contribution is 0.280. The minimum atomic E-state index is 0.265. The van der Waals surface area contributed by atoms with E-state index in [1.807, 2.05) is 38.1 Å². The number of benzene rings is 1. The predicted octanol–water partition coefficient (Wildman–Crippen LogP) is 5.21. The fourth-order valence-corrected chi connectivity index (χ4v) is 4.72. The lowest BCUT2D eigenvalue weighted by Gasteiger charge is -2.26. The number of anilines is 1. The van der Waals surface area contributed by atoms with Gasteiger partial charge in [0.05, 0.1) is 11.3 Å². The molecule has 0 radical (unpaired) electrons. The maximum absolute atomic E-state index is 6.58. The molecule has 1 atom stereocenters. The van der Waals surface area contributed by atoms with Crippen LogP contribution in [0, 0.1) is 0 Å². The number of allylic oxidation sites excluding steroid dienone is 5. The molecule has 0 fully saturated rings. The Kier molecular flexibility index (Phi) is 12.1. The molecule has 0 saturated carbocycles. The van der Waals surface area contributed by atoms with Gasteiger partial charge in [-0.3, -0.25) is 9.91 Å². The molecule has 0 saturated heterocycles.